The van der Waals surface area contributed by atoms with Crippen molar-refractivity contribution in [2.45, 2.75) is 6.92 Å². The average Bonchev–Trinajstić information content (AvgIpc) is 2.59. The van der Waals surface area contributed by atoms with Gasteiger partial charge in [-0.1, -0.05) is 18.2 Å². The molecule has 0 saturated heterocycles. The molecule has 2 heterocycles. The van der Waals surface area contributed by atoms with E-state index in [0.29, 0.717) is 12.3 Å². The molecule has 0 spiro atoms. The van der Waals surface area contributed by atoms with Gasteiger partial charge < -0.3 is 14.5 Å². The van der Waals surface area contributed by atoms with E-state index in [-0.39, 0.29) is 12.5 Å². The quantitative estimate of drug-likeness (QED) is 0.869. The zero-order valence-corrected chi connectivity index (χ0v) is 12.6. The molecule has 5 heteroatoms. The number of pyridine rings is 1. The van der Waals surface area contributed by atoms with Crippen LogP contribution in [0.1, 0.15) is 6.92 Å². The Morgan fingerprint density at radius 3 is 2.77 bits per heavy atom. The maximum atomic E-state index is 12.5. The van der Waals surface area contributed by atoms with Gasteiger partial charge in [-0.2, -0.15) is 0 Å². The fourth-order valence-electron chi connectivity index (χ4n) is 2.60. The maximum absolute atomic E-state index is 12.5. The summed E-state index contributed by atoms with van der Waals surface area (Å²) >= 11 is 0. The van der Waals surface area contributed by atoms with Crippen LogP contribution in [0.15, 0.2) is 48.7 Å². The lowest BCUT2D eigenvalue weighted by Crippen LogP contribution is -2.46. The number of hydrogen-bond donors (Lipinski definition) is 0. The molecule has 0 N–H and O–H groups in total. The van der Waals surface area contributed by atoms with Gasteiger partial charge in [0.25, 0.3) is 5.91 Å². The first kappa shape index (κ1) is 14.4. The van der Waals surface area contributed by atoms with Crippen LogP contribution in [0.2, 0.25) is 0 Å². The first-order valence-corrected chi connectivity index (χ1v) is 7.47. The number of nitrogens with zero attached hydrogens (tertiary/aromatic N) is 3. The number of fused-ring (bicyclic) bond motifs is 1. The van der Waals surface area contributed by atoms with Gasteiger partial charge in [0.2, 0.25) is 0 Å². The Morgan fingerprint density at radius 1 is 1.18 bits per heavy atom. The summed E-state index contributed by atoms with van der Waals surface area (Å²) in [6, 6.07) is 13.2. The summed E-state index contributed by atoms with van der Waals surface area (Å²) in [6.07, 6.45) is 1.76. The van der Waals surface area contributed by atoms with Crippen LogP contribution in [-0.2, 0) is 4.79 Å². The van der Waals surface area contributed by atoms with Crippen LogP contribution in [0.25, 0.3) is 0 Å². The topological polar surface area (TPSA) is 45.7 Å². The normalized spacial score (nSPS) is 13.7. The van der Waals surface area contributed by atoms with Crippen LogP contribution in [0.4, 0.5) is 11.5 Å². The maximum Gasteiger partial charge on any atom is 0.265 e. The van der Waals surface area contributed by atoms with E-state index < -0.39 is 0 Å². The number of anilines is 2. The molecule has 0 aliphatic carbocycles. The van der Waals surface area contributed by atoms with Crippen molar-refractivity contribution in [1.29, 1.82) is 0 Å². The molecular weight excluding hydrogens is 278 g/mol. The number of rotatable bonds is 4. The monoisotopic (exact) mass is 297 g/mol. The third-order valence-corrected chi connectivity index (χ3v) is 3.74. The van der Waals surface area contributed by atoms with Crippen molar-refractivity contribution in [3.63, 3.8) is 0 Å². The summed E-state index contributed by atoms with van der Waals surface area (Å²) in [7, 11) is 0. The Kier molecular flexibility index (Phi) is 4.23. The molecule has 2 aromatic rings. The van der Waals surface area contributed by atoms with Crippen LogP contribution < -0.4 is 14.5 Å². The molecule has 1 aromatic heterocycles. The van der Waals surface area contributed by atoms with Gasteiger partial charge in [-0.05, 0) is 31.2 Å². The first-order chi connectivity index (χ1) is 10.8. The molecule has 0 saturated carbocycles. The van der Waals surface area contributed by atoms with Crippen LogP contribution in [0.3, 0.4) is 0 Å². The largest absolute Gasteiger partial charge is 0.484 e. The van der Waals surface area contributed by atoms with Gasteiger partial charge in [0.1, 0.15) is 5.75 Å². The number of carbonyl (C=O) groups is 1. The van der Waals surface area contributed by atoms with Crippen molar-refractivity contribution >= 4 is 17.4 Å². The van der Waals surface area contributed by atoms with Crippen LogP contribution >= 0.6 is 0 Å². The minimum atomic E-state index is -0.0474. The Labute approximate surface area is 130 Å². The van der Waals surface area contributed by atoms with Gasteiger partial charge in [-0.3, -0.25) is 4.79 Å². The Balaban J connectivity index is 1.73. The summed E-state index contributed by atoms with van der Waals surface area (Å²) in [5, 5.41) is 0. The van der Waals surface area contributed by atoms with Crippen LogP contribution in [0.5, 0.6) is 5.75 Å². The van der Waals surface area contributed by atoms with Crippen molar-refractivity contribution in [2.75, 3.05) is 36.0 Å². The number of ether oxygens (including phenoxy) is 1. The molecule has 1 aromatic carbocycles. The van der Waals surface area contributed by atoms with E-state index in [1.807, 2.05) is 42.5 Å². The highest BCUT2D eigenvalue weighted by Gasteiger charge is 2.27. The molecule has 0 radical (unpaired) electrons. The second-order valence-electron chi connectivity index (χ2n) is 5.07. The van der Waals surface area contributed by atoms with Crippen LogP contribution in [0, 0.1) is 0 Å². The van der Waals surface area contributed by atoms with E-state index in [1.165, 1.54) is 0 Å². The smallest absolute Gasteiger partial charge is 0.265 e. The summed E-state index contributed by atoms with van der Waals surface area (Å²) in [4.78, 5) is 20.8. The second kappa shape index (κ2) is 6.47. The zero-order chi connectivity index (χ0) is 15.4. The summed E-state index contributed by atoms with van der Waals surface area (Å²) < 4.78 is 5.56. The summed E-state index contributed by atoms with van der Waals surface area (Å²) in [5.41, 5.74) is 0.859. The molecule has 5 nitrogen and oxygen atoms in total. The van der Waals surface area contributed by atoms with Crippen molar-refractivity contribution in [1.82, 2.24) is 4.98 Å². The molecule has 1 aliphatic heterocycles. The SMILES string of the molecule is CCN1CCN(C(=O)COc2ccccc2)c2cccnc21. The minimum Gasteiger partial charge on any atom is -0.484 e. The first-order valence-electron chi connectivity index (χ1n) is 7.47. The number of amides is 1. The van der Waals surface area contributed by atoms with Crippen LogP contribution in [-0.4, -0.2) is 37.1 Å². The molecule has 1 amide bonds. The molecule has 1 aliphatic rings. The third kappa shape index (κ3) is 2.88. The lowest BCUT2D eigenvalue weighted by atomic mass is 10.2. The second-order valence-corrected chi connectivity index (χ2v) is 5.07. The van der Waals surface area contributed by atoms with Crippen molar-refractivity contribution in [3.05, 3.63) is 48.7 Å². The summed E-state index contributed by atoms with van der Waals surface area (Å²) in [6.45, 7) is 4.45. The highest BCUT2D eigenvalue weighted by molar-refractivity contribution is 5.98. The predicted molar refractivity (Wildman–Crippen MR) is 86.4 cm³/mol. The lowest BCUT2D eigenvalue weighted by molar-refractivity contribution is -0.120. The van der Waals surface area contributed by atoms with Gasteiger partial charge in [0.15, 0.2) is 12.4 Å². The number of para-hydroxylation sites is 1. The number of carbonyl (C=O) groups excluding carboxylic acids is 1. The van der Waals surface area contributed by atoms with E-state index in [9.17, 15) is 4.79 Å². The number of hydrogen-bond acceptors (Lipinski definition) is 4. The van der Waals surface area contributed by atoms with Gasteiger partial charge in [0, 0.05) is 25.8 Å². The molecule has 0 unspecified atom stereocenters. The van der Waals surface area contributed by atoms with E-state index >= 15 is 0 Å². The number of likely N-dealkylation sites (N-methyl/N-ethyl adjacent to an activating group) is 1. The standard InChI is InChI=1S/C17H19N3O2/c1-2-19-11-12-20(15-9-6-10-18-17(15)19)16(21)13-22-14-7-4-3-5-8-14/h3-10H,2,11-13H2,1H3. The van der Waals surface area contributed by atoms with Crippen molar-refractivity contribution in [3.8, 4) is 5.75 Å². The van der Waals surface area contributed by atoms with Gasteiger partial charge in [-0.25, -0.2) is 4.98 Å². The average molecular weight is 297 g/mol. The highest BCUT2D eigenvalue weighted by atomic mass is 16.5. The molecule has 0 fully saturated rings. The van der Waals surface area contributed by atoms with Gasteiger partial charge >= 0.3 is 0 Å². The van der Waals surface area contributed by atoms with E-state index in [1.54, 1.807) is 11.1 Å². The summed E-state index contributed by atoms with van der Waals surface area (Å²) in [5.74, 6) is 1.52. The molecule has 22 heavy (non-hydrogen) atoms. The molecule has 3 rings (SSSR count). The fraction of sp³-hybridized carbons (Fsp3) is 0.294. The Bertz CT molecular complexity index is 645. The lowest BCUT2D eigenvalue weighted by Gasteiger charge is -2.35. The van der Waals surface area contributed by atoms with Gasteiger partial charge in [-0.15, -0.1) is 0 Å². The highest BCUT2D eigenvalue weighted by Crippen LogP contribution is 2.30. The van der Waals surface area contributed by atoms with E-state index in [4.69, 9.17) is 4.74 Å². The molecule has 114 valence electrons. The third-order valence-electron chi connectivity index (χ3n) is 3.74. The van der Waals surface area contributed by atoms with Crippen molar-refractivity contribution < 1.29 is 9.53 Å². The Morgan fingerprint density at radius 2 is 2.00 bits per heavy atom. The van der Waals surface area contributed by atoms with Crippen molar-refractivity contribution in [2.24, 2.45) is 0 Å². The molecule has 0 bridgehead atoms. The number of aromatic nitrogens is 1. The Hall–Kier alpha value is -2.56. The number of benzene rings is 1. The predicted octanol–water partition coefficient (Wildman–Crippen LogP) is 2.33. The van der Waals surface area contributed by atoms with Gasteiger partial charge in [0.05, 0.1) is 5.69 Å². The van der Waals surface area contributed by atoms with E-state index in [2.05, 4.69) is 16.8 Å². The molecule has 0 atom stereocenters. The fourth-order valence-corrected chi connectivity index (χ4v) is 2.60. The minimum absolute atomic E-state index is 0.0322. The molecular formula is C17H19N3O2. The zero-order valence-electron chi connectivity index (χ0n) is 12.6. The van der Waals surface area contributed by atoms with E-state index in [0.717, 1.165) is 24.6 Å².